The van der Waals surface area contributed by atoms with Crippen molar-refractivity contribution in [1.82, 2.24) is 5.32 Å². The number of ketones is 1. The van der Waals surface area contributed by atoms with Gasteiger partial charge in [-0.05, 0) is 0 Å². The van der Waals surface area contributed by atoms with Crippen LogP contribution in [0, 0.1) is 0 Å². The Morgan fingerprint density at radius 1 is 1.36 bits per heavy atom. The van der Waals surface area contributed by atoms with E-state index in [2.05, 4.69) is 5.32 Å². The van der Waals surface area contributed by atoms with Crippen molar-refractivity contribution in [3.05, 3.63) is 0 Å². The molecule has 0 atom stereocenters. The number of carboxylic acid groups (broad SMARTS) is 1. The molecule has 0 saturated carbocycles. The molecule has 3 N–H and O–H groups in total. The van der Waals surface area contributed by atoms with Crippen LogP contribution >= 0.6 is 0 Å². The van der Waals surface area contributed by atoms with E-state index < -0.39 is 12.4 Å². The minimum absolute atomic E-state index is 0.00681. The lowest BCUT2D eigenvalue weighted by atomic mass is 10.3. The standard InChI is InChI=1S/C6H11NO4/c8-2-1-7-4-5(9)3-6(10)11/h7-8H,1-4H2,(H,10,11). The first-order chi connectivity index (χ1) is 5.16. The van der Waals surface area contributed by atoms with Crippen molar-refractivity contribution in [2.75, 3.05) is 19.7 Å². The molecule has 64 valence electrons. The fourth-order valence-electron chi connectivity index (χ4n) is 0.538. The van der Waals surface area contributed by atoms with Crippen LogP contribution in [-0.2, 0) is 9.59 Å². The summed E-state index contributed by atoms with van der Waals surface area (Å²) < 4.78 is 0. The van der Waals surface area contributed by atoms with Gasteiger partial charge in [0.15, 0.2) is 5.78 Å². The predicted molar refractivity (Wildman–Crippen MR) is 37.2 cm³/mol. The van der Waals surface area contributed by atoms with Crippen LogP contribution in [0.15, 0.2) is 0 Å². The van der Waals surface area contributed by atoms with Gasteiger partial charge < -0.3 is 15.5 Å². The molecule has 0 aromatic carbocycles. The molecule has 0 aliphatic rings. The Hall–Kier alpha value is -0.940. The molecule has 0 unspecified atom stereocenters. The molecule has 0 aliphatic carbocycles. The minimum atomic E-state index is -1.12. The second-order valence-electron chi connectivity index (χ2n) is 2.01. The molecule has 0 heterocycles. The van der Waals surface area contributed by atoms with Crippen LogP contribution in [0.25, 0.3) is 0 Å². The Balaban J connectivity index is 3.30. The minimum Gasteiger partial charge on any atom is -0.481 e. The van der Waals surface area contributed by atoms with Crippen molar-refractivity contribution in [3.63, 3.8) is 0 Å². The van der Waals surface area contributed by atoms with Crippen LogP contribution in [-0.4, -0.2) is 41.7 Å². The van der Waals surface area contributed by atoms with E-state index in [0.29, 0.717) is 6.54 Å². The number of nitrogens with one attached hydrogen (secondary N) is 1. The number of Topliss-reactive ketones (excluding diaryl/α,β-unsaturated/α-hetero) is 1. The van der Waals surface area contributed by atoms with Crippen molar-refractivity contribution >= 4 is 11.8 Å². The van der Waals surface area contributed by atoms with Gasteiger partial charge in [-0.15, -0.1) is 0 Å². The fourth-order valence-corrected chi connectivity index (χ4v) is 0.538. The van der Waals surface area contributed by atoms with Gasteiger partial charge in [-0.25, -0.2) is 0 Å². The quantitative estimate of drug-likeness (QED) is 0.330. The lowest BCUT2D eigenvalue weighted by molar-refractivity contribution is -0.140. The third kappa shape index (κ3) is 6.95. The summed E-state index contributed by atoms with van der Waals surface area (Å²) in [5.41, 5.74) is 0. The number of rotatable bonds is 6. The number of aliphatic hydroxyl groups excluding tert-OH is 1. The van der Waals surface area contributed by atoms with Crippen molar-refractivity contribution in [3.8, 4) is 0 Å². The van der Waals surface area contributed by atoms with Gasteiger partial charge in [0.25, 0.3) is 0 Å². The Morgan fingerprint density at radius 3 is 2.45 bits per heavy atom. The van der Waals surface area contributed by atoms with Crippen molar-refractivity contribution < 1.29 is 19.8 Å². The van der Waals surface area contributed by atoms with Gasteiger partial charge in [0.2, 0.25) is 0 Å². The van der Waals surface area contributed by atoms with Crippen LogP contribution in [0.3, 0.4) is 0 Å². The Labute approximate surface area is 64.0 Å². The Kier molecular flexibility index (Phi) is 5.32. The number of aliphatic carboxylic acids is 1. The van der Waals surface area contributed by atoms with Gasteiger partial charge in [-0.2, -0.15) is 0 Å². The van der Waals surface area contributed by atoms with E-state index in [1.54, 1.807) is 0 Å². The smallest absolute Gasteiger partial charge is 0.310 e. The molecule has 0 aromatic heterocycles. The molecule has 0 aliphatic heterocycles. The summed E-state index contributed by atoms with van der Waals surface area (Å²) in [6, 6.07) is 0. The highest BCUT2D eigenvalue weighted by atomic mass is 16.4. The molecule has 5 nitrogen and oxygen atoms in total. The summed E-state index contributed by atoms with van der Waals surface area (Å²) >= 11 is 0. The van der Waals surface area contributed by atoms with Gasteiger partial charge in [0, 0.05) is 6.54 Å². The second-order valence-corrected chi connectivity index (χ2v) is 2.01. The number of carbonyl (C=O) groups excluding carboxylic acids is 1. The molecule has 0 aromatic rings. The molecular weight excluding hydrogens is 150 g/mol. The van der Waals surface area contributed by atoms with Gasteiger partial charge >= 0.3 is 5.97 Å². The molecule has 11 heavy (non-hydrogen) atoms. The lowest BCUT2D eigenvalue weighted by Crippen LogP contribution is -2.26. The molecule has 0 rings (SSSR count). The maximum atomic E-state index is 10.6. The topological polar surface area (TPSA) is 86.6 Å². The van der Waals surface area contributed by atoms with Gasteiger partial charge in [-0.1, -0.05) is 0 Å². The molecule has 0 fully saturated rings. The average molecular weight is 161 g/mol. The van der Waals surface area contributed by atoms with E-state index in [4.69, 9.17) is 10.2 Å². The highest BCUT2D eigenvalue weighted by Crippen LogP contribution is 1.80. The molecule has 0 amide bonds. The van der Waals surface area contributed by atoms with Gasteiger partial charge in [-0.3, -0.25) is 9.59 Å². The molecule has 0 spiro atoms. The maximum absolute atomic E-state index is 10.6. The van der Waals surface area contributed by atoms with Crippen LogP contribution in [0.5, 0.6) is 0 Å². The zero-order valence-corrected chi connectivity index (χ0v) is 6.04. The van der Waals surface area contributed by atoms with Gasteiger partial charge in [0.1, 0.15) is 6.42 Å². The summed E-state index contributed by atoms with van der Waals surface area (Å²) in [5, 5.41) is 19.0. The van der Waals surface area contributed by atoms with E-state index in [0.717, 1.165) is 0 Å². The first kappa shape index (κ1) is 10.1. The summed E-state index contributed by atoms with van der Waals surface area (Å²) in [7, 11) is 0. The average Bonchev–Trinajstić information content (AvgIpc) is 1.86. The van der Waals surface area contributed by atoms with Crippen molar-refractivity contribution in [1.29, 1.82) is 0 Å². The van der Waals surface area contributed by atoms with E-state index in [1.807, 2.05) is 0 Å². The summed E-state index contributed by atoms with van der Waals surface area (Å²) in [4.78, 5) is 20.5. The van der Waals surface area contributed by atoms with E-state index >= 15 is 0 Å². The summed E-state index contributed by atoms with van der Waals surface area (Å²) in [5.74, 6) is -1.51. The number of hydrogen-bond donors (Lipinski definition) is 3. The number of aliphatic hydroxyl groups is 1. The molecular formula is C6H11NO4. The highest BCUT2D eigenvalue weighted by molar-refractivity contribution is 5.95. The molecule has 0 radical (unpaired) electrons. The Morgan fingerprint density at radius 2 is 2.00 bits per heavy atom. The maximum Gasteiger partial charge on any atom is 0.310 e. The summed E-state index contributed by atoms with van der Waals surface area (Å²) in [6.07, 6.45) is -0.460. The molecule has 0 bridgehead atoms. The Bertz CT molecular complexity index is 146. The monoisotopic (exact) mass is 161 g/mol. The van der Waals surface area contributed by atoms with Crippen LogP contribution in [0.2, 0.25) is 0 Å². The molecule has 0 saturated heterocycles. The summed E-state index contributed by atoms with van der Waals surface area (Å²) in [6.45, 7) is 0.262. The zero-order valence-electron chi connectivity index (χ0n) is 6.04. The number of carboxylic acids is 1. The zero-order chi connectivity index (χ0) is 8.69. The number of carbonyl (C=O) groups is 2. The van der Waals surface area contributed by atoms with Crippen LogP contribution in [0.1, 0.15) is 6.42 Å². The SMILES string of the molecule is O=C(O)CC(=O)CNCCO. The predicted octanol–water partition coefficient (Wildman–Crippen LogP) is -1.39. The van der Waals surface area contributed by atoms with Gasteiger partial charge in [0.05, 0.1) is 13.2 Å². The number of hydrogen-bond acceptors (Lipinski definition) is 4. The first-order valence-electron chi connectivity index (χ1n) is 3.22. The molecule has 5 heteroatoms. The van der Waals surface area contributed by atoms with Crippen molar-refractivity contribution in [2.45, 2.75) is 6.42 Å². The van der Waals surface area contributed by atoms with Crippen LogP contribution < -0.4 is 5.32 Å². The van der Waals surface area contributed by atoms with E-state index in [9.17, 15) is 9.59 Å². The largest absolute Gasteiger partial charge is 0.481 e. The fraction of sp³-hybridized carbons (Fsp3) is 0.667. The van der Waals surface area contributed by atoms with Crippen LogP contribution in [0.4, 0.5) is 0 Å². The lowest BCUT2D eigenvalue weighted by Gasteiger charge is -1.98. The highest BCUT2D eigenvalue weighted by Gasteiger charge is 2.05. The second kappa shape index (κ2) is 5.82. The van der Waals surface area contributed by atoms with Crippen molar-refractivity contribution in [2.24, 2.45) is 0 Å². The van der Waals surface area contributed by atoms with E-state index in [-0.39, 0.29) is 18.9 Å². The van der Waals surface area contributed by atoms with E-state index in [1.165, 1.54) is 0 Å². The first-order valence-corrected chi connectivity index (χ1v) is 3.22. The third-order valence-electron chi connectivity index (χ3n) is 0.959. The third-order valence-corrected chi connectivity index (χ3v) is 0.959. The normalized spacial score (nSPS) is 9.55.